The molecule has 56 valence electrons. The lowest BCUT2D eigenvalue weighted by molar-refractivity contribution is 0.397. The lowest BCUT2D eigenvalue weighted by atomic mass is 10.4. The molecular formula is C8H14N2. The van der Waals surface area contributed by atoms with Gasteiger partial charge in [0, 0.05) is 17.9 Å². The Morgan fingerprint density at radius 3 is 2.50 bits per heavy atom. The van der Waals surface area contributed by atoms with Crippen molar-refractivity contribution >= 4 is 0 Å². The van der Waals surface area contributed by atoms with Crippen LogP contribution >= 0.6 is 0 Å². The van der Waals surface area contributed by atoms with E-state index in [1.807, 2.05) is 0 Å². The largest absolute Gasteiger partial charge is 0.361 e. The molecule has 0 unspecified atom stereocenters. The zero-order chi connectivity index (χ0) is 7.56. The molecule has 2 heteroatoms. The Kier molecular flexibility index (Phi) is 2.12. The van der Waals surface area contributed by atoms with Crippen LogP contribution in [0.5, 0.6) is 0 Å². The molecule has 0 aliphatic heterocycles. The van der Waals surface area contributed by atoms with Crippen molar-refractivity contribution in [2.75, 3.05) is 14.1 Å². The van der Waals surface area contributed by atoms with Gasteiger partial charge in [0.05, 0.1) is 0 Å². The molecule has 1 N–H and O–H groups in total. The smallest absolute Gasteiger partial charge is 0.0379 e. The van der Waals surface area contributed by atoms with Crippen molar-refractivity contribution < 1.29 is 0 Å². The minimum Gasteiger partial charge on any atom is -0.361 e. The van der Waals surface area contributed by atoms with E-state index in [0.717, 1.165) is 6.54 Å². The highest BCUT2D eigenvalue weighted by molar-refractivity contribution is 5.10. The summed E-state index contributed by atoms with van der Waals surface area (Å²) < 4.78 is 0. The Balaban J connectivity index is 2.58. The number of nitrogens with one attached hydrogen (secondary N) is 1. The van der Waals surface area contributed by atoms with Gasteiger partial charge < -0.3 is 9.88 Å². The van der Waals surface area contributed by atoms with Gasteiger partial charge in [-0.1, -0.05) is 0 Å². The lowest BCUT2D eigenvalue weighted by Gasteiger charge is -2.06. The van der Waals surface area contributed by atoms with Crippen LogP contribution in [0.2, 0.25) is 0 Å². The van der Waals surface area contributed by atoms with Crippen LogP contribution in [0.25, 0.3) is 0 Å². The second-order valence-electron chi connectivity index (χ2n) is 2.90. The predicted molar refractivity (Wildman–Crippen MR) is 42.9 cm³/mol. The predicted octanol–water partition coefficient (Wildman–Crippen LogP) is 1.38. The van der Waals surface area contributed by atoms with Crippen LogP contribution in [0, 0.1) is 6.92 Å². The van der Waals surface area contributed by atoms with Crippen LogP contribution in [0.1, 0.15) is 11.4 Å². The normalized spacial score (nSPS) is 10.8. The van der Waals surface area contributed by atoms with Crippen LogP contribution in [0.15, 0.2) is 12.1 Å². The van der Waals surface area contributed by atoms with Crippen molar-refractivity contribution in [1.82, 2.24) is 9.88 Å². The molecule has 0 fully saturated rings. The number of H-pyrrole nitrogens is 1. The molecule has 0 radical (unpaired) electrons. The number of aryl methyl sites for hydroxylation is 1. The van der Waals surface area contributed by atoms with E-state index in [9.17, 15) is 0 Å². The van der Waals surface area contributed by atoms with Crippen molar-refractivity contribution in [3.8, 4) is 0 Å². The number of hydrogen-bond donors (Lipinski definition) is 1. The highest BCUT2D eigenvalue weighted by Gasteiger charge is 1.94. The third-order valence-electron chi connectivity index (χ3n) is 1.38. The maximum Gasteiger partial charge on any atom is 0.0379 e. The van der Waals surface area contributed by atoms with Gasteiger partial charge in [0.2, 0.25) is 0 Å². The first-order chi connectivity index (χ1) is 4.68. The van der Waals surface area contributed by atoms with Crippen LogP contribution in [0.3, 0.4) is 0 Å². The molecule has 0 bridgehead atoms. The number of aromatic nitrogens is 1. The van der Waals surface area contributed by atoms with E-state index < -0.39 is 0 Å². The van der Waals surface area contributed by atoms with Crippen LogP contribution in [-0.4, -0.2) is 24.0 Å². The van der Waals surface area contributed by atoms with Gasteiger partial charge in [0.25, 0.3) is 0 Å². The summed E-state index contributed by atoms with van der Waals surface area (Å²) in [7, 11) is 4.13. The van der Waals surface area contributed by atoms with Crippen molar-refractivity contribution in [1.29, 1.82) is 0 Å². The van der Waals surface area contributed by atoms with Crippen molar-refractivity contribution in [3.05, 3.63) is 23.5 Å². The second kappa shape index (κ2) is 2.88. The van der Waals surface area contributed by atoms with Crippen LogP contribution in [0.4, 0.5) is 0 Å². The van der Waals surface area contributed by atoms with Crippen molar-refractivity contribution in [2.45, 2.75) is 13.5 Å². The molecule has 10 heavy (non-hydrogen) atoms. The van der Waals surface area contributed by atoms with Gasteiger partial charge in [-0.05, 0) is 33.2 Å². The van der Waals surface area contributed by atoms with E-state index in [2.05, 4.69) is 43.0 Å². The fourth-order valence-electron chi connectivity index (χ4n) is 0.995. The maximum absolute atomic E-state index is 3.27. The van der Waals surface area contributed by atoms with Gasteiger partial charge in [-0.2, -0.15) is 0 Å². The lowest BCUT2D eigenvalue weighted by Crippen LogP contribution is -2.10. The Morgan fingerprint density at radius 2 is 2.10 bits per heavy atom. The molecule has 0 amide bonds. The Hall–Kier alpha value is -0.760. The minimum absolute atomic E-state index is 0.994. The average Bonchev–Trinajstić information content (AvgIpc) is 2.13. The van der Waals surface area contributed by atoms with E-state index in [0.29, 0.717) is 0 Å². The molecule has 2 nitrogen and oxygen atoms in total. The SMILES string of the molecule is Cc1ccc(CN(C)C)[nH]1. The van der Waals surface area contributed by atoms with Crippen LogP contribution < -0.4 is 0 Å². The summed E-state index contributed by atoms with van der Waals surface area (Å²) in [5.74, 6) is 0. The van der Waals surface area contributed by atoms with Gasteiger partial charge in [-0.25, -0.2) is 0 Å². The Bertz CT molecular complexity index is 201. The first kappa shape index (κ1) is 7.35. The monoisotopic (exact) mass is 138 g/mol. The quantitative estimate of drug-likeness (QED) is 0.654. The topological polar surface area (TPSA) is 19.0 Å². The molecule has 1 aromatic heterocycles. The van der Waals surface area contributed by atoms with Crippen molar-refractivity contribution in [2.24, 2.45) is 0 Å². The summed E-state index contributed by atoms with van der Waals surface area (Å²) in [5.41, 5.74) is 2.51. The summed E-state index contributed by atoms with van der Waals surface area (Å²) in [6.45, 7) is 3.06. The Morgan fingerprint density at radius 1 is 1.40 bits per heavy atom. The molecule has 0 aromatic carbocycles. The van der Waals surface area contributed by atoms with E-state index >= 15 is 0 Å². The second-order valence-corrected chi connectivity index (χ2v) is 2.90. The molecule has 0 aliphatic carbocycles. The molecule has 0 saturated heterocycles. The highest BCUT2D eigenvalue weighted by Crippen LogP contribution is 2.01. The van der Waals surface area contributed by atoms with E-state index in [1.165, 1.54) is 11.4 Å². The van der Waals surface area contributed by atoms with Gasteiger partial charge in [-0.3, -0.25) is 0 Å². The summed E-state index contributed by atoms with van der Waals surface area (Å²) in [4.78, 5) is 5.41. The first-order valence-corrected chi connectivity index (χ1v) is 3.47. The average molecular weight is 138 g/mol. The fraction of sp³-hybridized carbons (Fsp3) is 0.500. The van der Waals surface area contributed by atoms with Crippen LogP contribution in [-0.2, 0) is 6.54 Å². The molecule has 1 heterocycles. The number of rotatable bonds is 2. The first-order valence-electron chi connectivity index (χ1n) is 3.47. The zero-order valence-electron chi connectivity index (χ0n) is 6.81. The molecule has 1 rings (SSSR count). The van der Waals surface area contributed by atoms with Gasteiger partial charge in [0.1, 0.15) is 0 Å². The van der Waals surface area contributed by atoms with Gasteiger partial charge in [0.15, 0.2) is 0 Å². The molecule has 1 aromatic rings. The number of hydrogen-bond acceptors (Lipinski definition) is 1. The zero-order valence-corrected chi connectivity index (χ0v) is 6.81. The van der Waals surface area contributed by atoms with Gasteiger partial charge >= 0.3 is 0 Å². The number of aromatic amines is 1. The summed E-state index contributed by atoms with van der Waals surface area (Å²) in [6.07, 6.45) is 0. The van der Waals surface area contributed by atoms with E-state index in [1.54, 1.807) is 0 Å². The molecular weight excluding hydrogens is 124 g/mol. The maximum atomic E-state index is 3.27. The third kappa shape index (κ3) is 1.88. The Labute approximate surface area is 61.9 Å². The third-order valence-corrected chi connectivity index (χ3v) is 1.38. The summed E-state index contributed by atoms with van der Waals surface area (Å²) >= 11 is 0. The summed E-state index contributed by atoms with van der Waals surface area (Å²) in [6, 6.07) is 4.22. The standard InChI is InChI=1S/C8H14N2/c1-7-4-5-8(9-7)6-10(2)3/h4-5,9H,6H2,1-3H3. The van der Waals surface area contributed by atoms with Crippen molar-refractivity contribution in [3.63, 3.8) is 0 Å². The van der Waals surface area contributed by atoms with E-state index in [4.69, 9.17) is 0 Å². The summed E-state index contributed by atoms with van der Waals surface area (Å²) in [5, 5.41) is 0. The number of nitrogens with zero attached hydrogens (tertiary/aromatic N) is 1. The highest BCUT2D eigenvalue weighted by atomic mass is 15.1. The fourth-order valence-corrected chi connectivity index (χ4v) is 0.995. The minimum atomic E-state index is 0.994. The van der Waals surface area contributed by atoms with E-state index in [-0.39, 0.29) is 0 Å². The van der Waals surface area contributed by atoms with Gasteiger partial charge in [-0.15, -0.1) is 0 Å². The molecule has 0 spiro atoms. The molecule has 0 saturated carbocycles. The molecule has 0 atom stereocenters. The molecule has 0 aliphatic rings.